The summed E-state index contributed by atoms with van der Waals surface area (Å²) in [6.45, 7) is 6.78. The van der Waals surface area contributed by atoms with E-state index in [9.17, 15) is 9.59 Å². The first-order valence-electron chi connectivity index (χ1n) is 5.72. The standard InChI is InChI=1S/C12H18N2O3/c1-4-14(5-2)12(16)9(3)13-11(15)10-6-7-17-8-10/h6-9H,4-5H2,1-3H3,(H,13,15)/t9-/m0/s1. The minimum atomic E-state index is -0.530. The number of furan rings is 1. The van der Waals surface area contributed by atoms with E-state index in [1.54, 1.807) is 17.9 Å². The highest BCUT2D eigenvalue weighted by molar-refractivity contribution is 5.97. The molecule has 1 heterocycles. The second-order valence-electron chi connectivity index (χ2n) is 3.72. The summed E-state index contributed by atoms with van der Waals surface area (Å²) in [6, 6.07) is 1.03. The number of likely N-dealkylation sites (N-methyl/N-ethyl adjacent to an activating group) is 1. The fourth-order valence-corrected chi connectivity index (χ4v) is 1.54. The van der Waals surface area contributed by atoms with Crippen molar-refractivity contribution >= 4 is 11.8 Å². The van der Waals surface area contributed by atoms with Crippen molar-refractivity contribution in [3.05, 3.63) is 24.2 Å². The number of hydrogen-bond donors (Lipinski definition) is 1. The van der Waals surface area contributed by atoms with Gasteiger partial charge in [-0.15, -0.1) is 0 Å². The number of rotatable bonds is 5. The number of carbonyl (C=O) groups excluding carboxylic acids is 2. The fourth-order valence-electron chi connectivity index (χ4n) is 1.54. The normalized spacial score (nSPS) is 11.9. The largest absolute Gasteiger partial charge is 0.472 e. The predicted molar refractivity (Wildman–Crippen MR) is 63.6 cm³/mol. The SMILES string of the molecule is CCN(CC)C(=O)[C@H](C)NC(=O)c1ccoc1. The quantitative estimate of drug-likeness (QED) is 0.840. The van der Waals surface area contributed by atoms with Gasteiger partial charge in [0.25, 0.3) is 5.91 Å². The monoisotopic (exact) mass is 238 g/mol. The Kier molecular flexibility index (Phi) is 4.75. The molecule has 0 aromatic carbocycles. The van der Waals surface area contributed by atoms with Gasteiger partial charge in [0.2, 0.25) is 5.91 Å². The van der Waals surface area contributed by atoms with Crippen molar-refractivity contribution in [2.45, 2.75) is 26.8 Å². The molecular formula is C12H18N2O3. The predicted octanol–water partition coefficient (Wildman–Crippen LogP) is 1.27. The third-order valence-corrected chi connectivity index (χ3v) is 2.58. The molecule has 0 aliphatic carbocycles. The molecule has 0 unspecified atom stereocenters. The molecule has 5 nitrogen and oxygen atoms in total. The summed E-state index contributed by atoms with van der Waals surface area (Å²) in [5.41, 5.74) is 0.421. The lowest BCUT2D eigenvalue weighted by atomic mass is 10.2. The van der Waals surface area contributed by atoms with Gasteiger partial charge in [-0.1, -0.05) is 0 Å². The van der Waals surface area contributed by atoms with Crippen LogP contribution in [0.4, 0.5) is 0 Å². The third-order valence-electron chi connectivity index (χ3n) is 2.58. The van der Waals surface area contributed by atoms with Gasteiger partial charge in [0.15, 0.2) is 0 Å². The van der Waals surface area contributed by atoms with Crippen LogP contribution in [0.25, 0.3) is 0 Å². The maximum atomic E-state index is 11.9. The maximum Gasteiger partial charge on any atom is 0.255 e. The average Bonchev–Trinajstić information content (AvgIpc) is 2.83. The molecule has 1 atom stereocenters. The maximum absolute atomic E-state index is 11.9. The highest BCUT2D eigenvalue weighted by Crippen LogP contribution is 2.01. The van der Waals surface area contributed by atoms with Gasteiger partial charge in [-0.3, -0.25) is 9.59 Å². The van der Waals surface area contributed by atoms with Crippen LogP contribution in [0.5, 0.6) is 0 Å². The van der Waals surface area contributed by atoms with Crippen molar-refractivity contribution < 1.29 is 14.0 Å². The lowest BCUT2D eigenvalue weighted by molar-refractivity contribution is -0.132. The molecule has 1 aromatic heterocycles. The minimum absolute atomic E-state index is 0.0770. The summed E-state index contributed by atoms with van der Waals surface area (Å²) in [5, 5.41) is 2.64. The topological polar surface area (TPSA) is 62.6 Å². The molecule has 94 valence electrons. The van der Waals surface area contributed by atoms with Crippen LogP contribution >= 0.6 is 0 Å². The Bertz CT molecular complexity index is 369. The van der Waals surface area contributed by atoms with E-state index in [0.717, 1.165) is 0 Å². The minimum Gasteiger partial charge on any atom is -0.472 e. The van der Waals surface area contributed by atoms with Crippen LogP contribution in [-0.4, -0.2) is 35.8 Å². The number of nitrogens with zero attached hydrogens (tertiary/aromatic N) is 1. The zero-order valence-electron chi connectivity index (χ0n) is 10.4. The van der Waals surface area contributed by atoms with E-state index in [1.165, 1.54) is 12.5 Å². The average molecular weight is 238 g/mol. The molecule has 1 N–H and O–H groups in total. The molecule has 0 aliphatic rings. The summed E-state index contributed by atoms with van der Waals surface area (Å²) in [4.78, 5) is 25.3. The lowest BCUT2D eigenvalue weighted by Crippen LogP contribution is -2.46. The number of carbonyl (C=O) groups is 2. The smallest absolute Gasteiger partial charge is 0.255 e. The number of amides is 2. The van der Waals surface area contributed by atoms with Crippen molar-refractivity contribution in [3.8, 4) is 0 Å². The van der Waals surface area contributed by atoms with Crippen molar-refractivity contribution in [3.63, 3.8) is 0 Å². The Morgan fingerprint density at radius 1 is 1.41 bits per heavy atom. The second-order valence-corrected chi connectivity index (χ2v) is 3.72. The van der Waals surface area contributed by atoms with E-state index in [1.807, 2.05) is 13.8 Å². The van der Waals surface area contributed by atoms with E-state index in [0.29, 0.717) is 18.7 Å². The van der Waals surface area contributed by atoms with Crippen LogP contribution in [0, 0.1) is 0 Å². The van der Waals surface area contributed by atoms with E-state index >= 15 is 0 Å². The summed E-state index contributed by atoms with van der Waals surface area (Å²) >= 11 is 0. The van der Waals surface area contributed by atoms with E-state index < -0.39 is 6.04 Å². The molecule has 2 amide bonds. The van der Waals surface area contributed by atoms with Gasteiger partial charge in [-0.05, 0) is 26.8 Å². The molecule has 0 spiro atoms. The van der Waals surface area contributed by atoms with Gasteiger partial charge in [0, 0.05) is 13.1 Å². The van der Waals surface area contributed by atoms with Crippen LogP contribution in [0.15, 0.2) is 23.0 Å². The Balaban J connectivity index is 2.57. The lowest BCUT2D eigenvalue weighted by Gasteiger charge is -2.23. The van der Waals surface area contributed by atoms with Crippen molar-refractivity contribution in [1.29, 1.82) is 0 Å². The van der Waals surface area contributed by atoms with Crippen LogP contribution < -0.4 is 5.32 Å². The van der Waals surface area contributed by atoms with Crippen LogP contribution in [0.3, 0.4) is 0 Å². The molecule has 0 bridgehead atoms. The van der Waals surface area contributed by atoms with Gasteiger partial charge in [-0.2, -0.15) is 0 Å². The van der Waals surface area contributed by atoms with Gasteiger partial charge in [0.1, 0.15) is 12.3 Å². The Morgan fingerprint density at radius 3 is 2.53 bits per heavy atom. The van der Waals surface area contributed by atoms with Gasteiger partial charge < -0.3 is 14.6 Å². The summed E-state index contributed by atoms with van der Waals surface area (Å²) in [5.74, 6) is -0.376. The van der Waals surface area contributed by atoms with Crippen LogP contribution in [0.1, 0.15) is 31.1 Å². The summed E-state index contributed by atoms with van der Waals surface area (Å²) < 4.78 is 4.81. The summed E-state index contributed by atoms with van der Waals surface area (Å²) in [6.07, 6.45) is 2.77. The number of nitrogens with one attached hydrogen (secondary N) is 1. The van der Waals surface area contributed by atoms with Crippen molar-refractivity contribution in [2.75, 3.05) is 13.1 Å². The zero-order chi connectivity index (χ0) is 12.8. The highest BCUT2D eigenvalue weighted by atomic mass is 16.3. The molecule has 0 aliphatic heterocycles. The first-order valence-corrected chi connectivity index (χ1v) is 5.72. The number of hydrogen-bond acceptors (Lipinski definition) is 3. The third kappa shape index (κ3) is 3.34. The first kappa shape index (κ1) is 13.3. The van der Waals surface area contributed by atoms with Crippen molar-refractivity contribution in [1.82, 2.24) is 10.2 Å². The summed E-state index contributed by atoms with van der Waals surface area (Å²) in [7, 11) is 0. The molecule has 1 rings (SSSR count). The molecule has 0 fully saturated rings. The molecule has 0 radical (unpaired) electrons. The van der Waals surface area contributed by atoms with E-state index in [2.05, 4.69) is 5.32 Å². The Labute approximate surface area is 101 Å². The fraction of sp³-hybridized carbons (Fsp3) is 0.500. The van der Waals surface area contributed by atoms with Crippen molar-refractivity contribution in [2.24, 2.45) is 0 Å². The zero-order valence-corrected chi connectivity index (χ0v) is 10.4. The first-order chi connectivity index (χ1) is 8.10. The molecule has 5 heteroatoms. The van der Waals surface area contributed by atoms with E-state index in [-0.39, 0.29) is 11.8 Å². The van der Waals surface area contributed by atoms with Crippen LogP contribution in [0.2, 0.25) is 0 Å². The van der Waals surface area contributed by atoms with Crippen LogP contribution in [-0.2, 0) is 4.79 Å². The molecule has 1 aromatic rings. The molecule has 0 saturated heterocycles. The van der Waals surface area contributed by atoms with E-state index in [4.69, 9.17) is 4.42 Å². The molecule has 0 saturated carbocycles. The Morgan fingerprint density at radius 2 is 2.06 bits per heavy atom. The van der Waals surface area contributed by atoms with Gasteiger partial charge in [-0.25, -0.2) is 0 Å². The van der Waals surface area contributed by atoms with Gasteiger partial charge >= 0.3 is 0 Å². The Hall–Kier alpha value is -1.78. The molecular weight excluding hydrogens is 220 g/mol. The highest BCUT2D eigenvalue weighted by Gasteiger charge is 2.20. The molecule has 17 heavy (non-hydrogen) atoms. The second kappa shape index (κ2) is 6.08. The van der Waals surface area contributed by atoms with Gasteiger partial charge in [0.05, 0.1) is 11.8 Å².